The van der Waals surface area contributed by atoms with Crippen LogP contribution in [0.4, 0.5) is 10.1 Å². The molecule has 98 valence electrons. The number of carbonyl (C=O) groups excluding carboxylic acids is 1. The highest BCUT2D eigenvalue weighted by molar-refractivity contribution is 5.99. The van der Waals surface area contributed by atoms with Gasteiger partial charge in [0.2, 0.25) is 0 Å². The first-order chi connectivity index (χ1) is 8.58. The number of benzene rings is 1. The van der Waals surface area contributed by atoms with Crippen molar-refractivity contribution in [2.75, 3.05) is 12.3 Å². The molecule has 1 aromatic carbocycles. The zero-order valence-electron chi connectivity index (χ0n) is 10.3. The van der Waals surface area contributed by atoms with Crippen LogP contribution in [0.25, 0.3) is 0 Å². The van der Waals surface area contributed by atoms with Crippen molar-refractivity contribution in [3.8, 4) is 0 Å². The molecule has 1 heterocycles. The molecule has 1 aliphatic rings. The second-order valence-electron chi connectivity index (χ2n) is 4.55. The quantitative estimate of drug-likeness (QED) is 0.805. The highest BCUT2D eigenvalue weighted by Gasteiger charge is 2.24. The third-order valence-corrected chi connectivity index (χ3v) is 3.14. The molecular weight excluding hydrogens is 235 g/mol. The molecule has 1 aromatic rings. The molecule has 1 fully saturated rings. The van der Waals surface area contributed by atoms with Crippen molar-refractivity contribution in [2.24, 2.45) is 0 Å². The summed E-state index contributed by atoms with van der Waals surface area (Å²) in [5, 5.41) is 2.83. The molecule has 0 saturated carbocycles. The van der Waals surface area contributed by atoms with Gasteiger partial charge >= 0.3 is 0 Å². The summed E-state index contributed by atoms with van der Waals surface area (Å²) in [6.07, 6.45) is 2.01. The van der Waals surface area contributed by atoms with E-state index in [-0.39, 0.29) is 23.7 Å². The number of halogens is 1. The Morgan fingerprint density at radius 1 is 1.61 bits per heavy atom. The first kappa shape index (κ1) is 12.8. The lowest BCUT2D eigenvalue weighted by atomic mass is 10.1. The predicted molar refractivity (Wildman–Crippen MR) is 66.7 cm³/mol. The monoisotopic (exact) mass is 252 g/mol. The maximum Gasteiger partial charge on any atom is 0.253 e. The van der Waals surface area contributed by atoms with Gasteiger partial charge in [-0.15, -0.1) is 0 Å². The van der Waals surface area contributed by atoms with Crippen LogP contribution in [0.2, 0.25) is 0 Å². The smallest absolute Gasteiger partial charge is 0.253 e. The third kappa shape index (κ3) is 2.79. The van der Waals surface area contributed by atoms with Crippen LogP contribution in [-0.4, -0.2) is 24.7 Å². The van der Waals surface area contributed by atoms with Crippen molar-refractivity contribution in [3.63, 3.8) is 0 Å². The fourth-order valence-electron chi connectivity index (χ4n) is 2.11. The van der Waals surface area contributed by atoms with Crippen LogP contribution < -0.4 is 11.1 Å². The molecule has 0 radical (unpaired) electrons. The van der Waals surface area contributed by atoms with Crippen LogP contribution >= 0.6 is 0 Å². The average Bonchev–Trinajstić information content (AvgIpc) is 2.81. The molecule has 2 unspecified atom stereocenters. The van der Waals surface area contributed by atoms with Crippen molar-refractivity contribution in [1.82, 2.24) is 5.32 Å². The van der Waals surface area contributed by atoms with Gasteiger partial charge in [-0.1, -0.05) is 0 Å². The Labute approximate surface area is 105 Å². The number of ether oxygens (including phenoxy) is 1. The van der Waals surface area contributed by atoms with Crippen molar-refractivity contribution >= 4 is 11.6 Å². The molecule has 2 atom stereocenters. The largest absolute Gasteiger partial charge is 0.398 e. The number of carbonyl (C=O) groups is 1. The van der Waals surface area contributed by atoms with E-state index in [0.717, 1.165) is 25.5 Å². The van der Waals surface area contributed by atoms with E-state index in [1.165, 1.54) is 12.1 Å². The Balaban J connectivity index is 2.02. The Bertz CT molecular complexity index is 445. The minimum atomic E-state index is -0.448. The van der Waals surface area contributed by atoms with E-state index in [4.69, 9.17) is 10.5 Å². The lowest BCUT2D eigenvalue weighted by Gasteiger charge is -2.20. The summed E-state index contributed by atoms with van der Waals surface area (Å²) < 4.78 is 18.4. The Hall–Kier alpha value is -1.62. The predicted octanol–water partition coefficient (Wildman–Crippen LogP) is 1.71. The van der Waals surface area contributed by atoms with Crippen LogP contribution in [0.3, 0.4) is 0 Å². The number of nitrogen functional groups attached to an aromatic ring is 1. The lowest BCUT2D eigenvalue weighted by Crippen LogP contribution is -2.41. The van der Waals surface area contributed by atoms with Gasteiger partial charge in [-0.3, -0.25) is 4.79 Å². The number of nitrogens with two attached hydrogens (primary N) is 1. The Morgan fingerprint density at radius 3 is 3.00 bits per heavy atom. The van der Waals surface area contributed by atoms with Gasteiger partial charge in [0.05, 0.1) is 17.7 Å². The number of nitrogens with one attached hydrogen (secondary N) is 1. The number of hydrogen-bond acceptors (Lipinski definition) is 3. The highest BCUT2D eigenvalue weighted by atomic mass is 19.1. The molecule has 2 rings (SSSR count). The Morgan fingerprint density at radius 2 is 2.39 bits per heavy atom. The second kappa shape index (κ2) is 5.35. The normalized spacial score (nSPS) is 20.7. The van der Waals surface area contributed by atoms with Gasteiger partial charge in [0.25, 0.3) is 5.91 Å². The topological polar surface area (TPSA) is 64.4 Å². The molecule has 0 bridgehead atoms. The van der Waals surface area contributed by atoms with E-state index >= 15 is 0 Å². The first-order valence-electron chi connectivity index (χ1n) is 6.05. The molecule has 1 amide bonds. The van der Waals surface area contributed by atoms with Crippen molar-refractivity contribution < 1.29 is 13.9 Å². The molecular formula is C13H17FN2O2. The van der Waals surface area contributed by atoms with Crippen LogP contribution in [0, 0.1) is 5.82 Å². The fraction of sp³-hybridized carbons (Fsp3) is 0.462. The molecule has 3 N–H and O–H groups in total. The fourth-order valence-corrected chi connectivity index (χ4v) is 2.11. The number of amides is 1. The van der Waals surface area contributed by atoms with Gasteiger partial charge in [0.1, 0.15) is 5.82 Å². The minimum absolute atomic E-state index is 0.0515. The van der Waals surface area contributed by atoms with Crippen molar-refractivity contribution in [2.45, 2.75) is 31.9 Å². The van der Waals surface area contributed by atoms with Crippen LogP contribution in [0.15, 0.2) is 18.2 Å². The van der Waals surface area contributed by atoms with Gasteiger partial charge < -0.3 is 15.8 Å². The molecule has 0 spiro atoms. The van der Waals surface area contributed by atoms with Gasteiger partial charge in [-0.25, -0.2) is 4.39 Å². The summed E-state index contributed by atoms with van der Waals surface area (Å²) in [6, 6.07) is 3.68. The SMILES string of the molecule is CC(NC(=O)c1ccc(F)cc1N)C1CCCO1. The molecule has 1 saturated heterocycles. The van der Waals surface area contributed by atoms with Gasteiger partial charge in [0.15, 0.2) is 0 Å². The van der Waals surface area contributed by atoms with E-state index in [9.17, 15) is 9.18 Å². The summed E-state index contributed by atoms with van der Waals surface area (Å²) in [5.41, 5.74) is 6.06. The van der Waals surface area contributed by atoms with Gasteiger partial charge in [0, 0.05) is 12.3 Å². The van der Waals surface area contributed by atoms with E-state index in [2.05, 4.69) is 5.32 Å². The summed E-state index contributed by atoms with van der Waals surface area (Å²) in [4.78, 5) is 12.0. The average molecular weight is 252 g/mol. The van der Waals surface area contributed by atoms with Crippen LogP contribution in [0.5, 0.6) is 0 Å². The number of rotatable bonds is 3. The summed E-state index contributed by atoms with van der Waals surface area (Å²) in [6.45, 7) is 2.64. The molecule has 5 heteroatoms. The van der Waals surface area contributed by atoms with E-state index in [1.54, 1.807) is 0 Å². The first-order valence-corrected chi connectivity index (χ1v) is 6.05. The molecule has 0 aromatic heterocycles. The van der Waals surface area contributed by atoms with Crippen LogP contribution in [-0.2, 0) is 4.74 Å². The van der Waals surface area contributed by atoms with E-state index in [0.29, 0.717) is 5.56 Å². The van der Waals surface area contributed by atoms with E-state index < -0.39 is 5.82 Å². The van der Waals surface area contributed by atoms with Gasteiger partial charge in [-0.2, -0.15) is 0 Å². The lowest BCUT2D eigenvalue weighted by molar-refractivity contribution is 0.0713. The molecule has 1 aliphatic heterocycles. The number of anilines is 1. The molecule has 4 nitrogen and oxygen atoms in total. The summed E-state index contributed by atoms with van der Waals surface area (Å²) >= 11 is 0. The van der Waals surface area contributed by atoms with E-state index in [1.807, 2.05) is 6.92 Å². The van der Waals surface area contributed by atoms with Crippen LogP contribution in [0.1, 0.15) is 30.1 Å². The standard InChI is InChI=1S/C13H17FN2O2/c1-8(12-3-2-6-18-12)16-13(17)10-5-4-9(14)7-11(10)15/h4-5,7-8,12H,2-3,6,15H2,1H3,(H,16,17). The minimum Gasteiger partial charge on any atom is -0.398 e. The third-order valence-electron chi connectivity index (χ3n) is 3.14. The summed E-state index contributed by atoms with van der Waals surface area (Å²) in [5.74, 6) is -0.744. The second-order valence-corrected chi connectivity index (χ2v) is 4.55. The zero-order chi connectivity index (χ0) is 13.1. The van der Waals surface area contributed by atoms with Crippen molar-refractivity contribution in [1.29, 1.82) is 0 Å². The van der Waals surface area contributed by atoms with Crippen molar-refractivity contribution in [3.05, 3.63) is 29.6 Å². The molecule has 18 heavy (non-hydrogen) atoms. The Kier molecular flexibility index (Phi) is 3.81. The van der Waals surface area contributed by atoms with Gasteiger partial charge in [-0.05, 0) is 38.0 Å². The maximum atomic E-state index is 12.9. The number of hydrogen-bond donors (Lipinski definition) is 2. The highest BCUT2D eigenvalue weighted by Crippen LogP contribution is 2.17. The maximum absolute atomic E-state index is 12.9. The molecule has 0 aliphatic carbocycles. The summed E-state index contributed by atoms with van der Waals surface area (Å²) in [7, 11) is 0. The zero-order valence-corrected chi connectivity index (χ0v) is 10.3.